The maximum atomic E-state index is 4.32. The molecule has 1 aliphatic rings. The summed E-state index contributed by atoms with van der Waals surface area (Å²) >= 11 is 0. The fourth-order valence-electron chi connectivity index (χ4n) is 2.50. The second-order valence-corrected chi connectivity index (χ2v) is 4.39. The van der Waals surface area contributed by atoms with Gasteiger partial charge in [0.25, 0.3) is 0 Å². The number of rotatable bonds is 1. The zero-order valence-corrected chi connectivity index (χ0v) is 8.90. The topological polar surface area (TPSA) is 31.9 Å². The van der Waals surface area contributed by atoms with Gasteiger partial charge in [-0.05, 0) is 43.6 Å². The fraction of sp³-hybridized carbons (Fsp3) is 0.417. The van der Waals surface area contributed by atoms with Crippen molar-refractivity contribution in [2.24, 2.45) is 0 Å². The molecule has 3 rings (SSSR count). The molecule has 0 aliphatic carbocycles. The highest BCUT2D eigenvalue weighted by molar-refractivity contribution is 5.80. The van der Waals surface area contributed by atoms with Crippen molar-refractivity contribution in [3.63, 3.8) is 0 Å². The van der Waals surface area contributed by atoms with Crippen LogP contribution < -0.4 is 0 Å². The van der Waals surface area contributed by atoms with Gasteiger partial charge < -0.3 is 9.88 Å². The summed E-state index contributed by atoms with van der Waals surface area (Å²) in [6.45, 7) is 2.37. The first-order valence-corrected chi connectivity index (χ1v) is 5.45. The average Bonchev–Trinajstić information content (AvgIpc) is 2.83. The fourth-order valence-corrected chi connectivity index (χ4v) is 2.50. The van der Waals surface area contributed by atoms with E-state index in [0.717, 1.165) is 5.65 Å². The van der Waals surface area contributed by atoms with Crippen molar-refractivity contribution in [1.82, 2.24) is 14.9 Å². The number of likely N-dealkylation sites (N-methyl/N-ethyl adjacent to an activating group) is 1. The molecule has 2 aromatic heterocycles. The molecule has 0 aromatic carbocycles. The number of aromatic amines is 1. The second-order valence-electron chi connectivity index (χ2n) is 4.39. The predicted molar refractivity (Wildman–Crippen MR) is 60.9 cm³/mol. The largest absolute Gasteiger partial charge is 0.346 e. The summed E-state index contributed by atoms with van der Waals surface area (Å²) < 4.78 is 0. The van der Waals surface area contributed by atoms with Gasteiger partial charge >= 0.3 is 0 Å². The smallest absolute Gasteiger partial charge is 0.137 e. The molecule has 0 spiro atoms. The number of nitrogens with zero attached hydrogens (tertiary/aromatic N) is 2. The number of hydrogen-bond donors (Lipinski definition) is 1. The summed E-state index contributed by atoms with van der Waals surface area (Å²) in [6, 6.07) is 4.17. The Labute approximate surface area is 89.1 Å². The number of pyridine rings is 1. The molecule has 3 heteroatoms. The van der Waals surface area contributed by atoms with Crippen LogP contribution in [0.25, 0.3) is 11.0 Å². The van der Waals surface area contributed by atoms with Crippen LogP contribution in [-0.2, 0) is 0 Å². The van der Waals surface area contributed by atoms with Crippen LogP contribution in [-0.4, -0.2) is 35.0 Å². The van der Waals surface area contributed by atoms with Crippen molar-refractivity contribution in [2.75, 3.05) is 20.1 Å². The van der Waals surface area contributed by atoms with Gasteiger partial charge in [-0.1, -0.05) is 0 Å². The minimum Gasteiger partial charge on any atom is -0.346 e. The summed E-state index contributed by atoms with van der Waals surface area (Å²) in [6.07, 6.45) is 5.23. The van der Waals surface area contributed by atoms with Crippen LogP contribution in [0.4, 0.5) is 0 Å². The molecule has 0 unspecified atom stereocenters. The van der Waals surface area contributed by atoms with E-state index < -0.39 is 0 Å². The van der Waals surface area contributed by atoms with Gasteiger partial charge in [0.1, 0.15) is 5.65 Å². The van der Waals surface area contributed by atoms with Crippen molar-refractivity contribution in [2.45, 2.75) is 12.3 Å². The van der Waals surface area contributed by atoms with E-state index in [-0.39, 0.29) is 0 Å². The number of fused-ring (bicyclic) bond motifs is 1. The Morgan fingerprint density at radius 2 is 2.47 bits per heavy atom. The Morgan fingerprint density at radius 1 is 1.53 bits per heavy atom. The van der Waals surface area contributed by atoms with E-state index in [1.54, 1.807) is 0 Å². The second kappa shape index (κ2) is 3.35. The van der Waals surface area contributed by atoms with Crippen LogP contribution in [0.2, 0.25) is 0 Å². The van der Waals surface area contributed by atoms with Crippen molar-refractivity contribution < 1.29 is 0 Å². The Bertz CT molecular complexity index is 474. The van der Waals surface area contributed by atoms with Gasteiger partial charge in [0.05, 0.1) is 0 Å². The zero-order valence-electron chi connectivity index (χ0n) is 8.90. The first kappa shape index (κ1) is 8.92. The highest BCUT2D eigenvalue weighted by Gasteiger charge is 2.23. The molecular weight excluding hydrogens is 186 g/mol. The Kier molecular flexibility index (Phi) is 1.99. The third kappa shape index (κ3) is 1.43. The number of aromatic nitrogens is 2. The SMILES string of the molecule is CN1CC[C@@H](c2c[nH]c3ncccc23)C1. The summed E-state index contributed by atoms with van der Waals surface area (Å²) in [5.41, 5.74) is 2.45. The van der Waals surface area contributed by atoms with E-state index in [1.807, 2.05) is 12.3 Å². The third-order valence-corrected chi connectivity index (χ3v) is 3.31. The van der Waals surface area contributed by atoms with Gasteiger partial charge in [-0.3, -0.25) is 0 Å². The lowest BCUT2D eigenvalue weighted by Crippen LogP contribution is -2.13. The van der Waals surface area contributed by atoms with Crippen molar-refractivity contribution in [3.8, 4) is 0 Å². The molecule has 1 N–H and O–H groups in total. The highest BCUT2D eigenvalue weighted by Crippen LogP contribution is 2.30. The first-order valence-electron chi connectivity index (χ1n) is 5.45. The number of likely N-dealkylation sites (tertiary alicyclic amines) is 1. The standard InChI is InChI=1S/C12H15N3/c1-15-6-4-9(8-15)11-7-14-12-10(11)3-2-5-13-12/h2-3,5,7,9H,4,6,8H2,1H3,(H,13,14)/t9-/m1/s1. The lowest BCUT2D eigenvalue weighted by molar-refractivity contribution is 0.412. The van der Waals surface area contributed by atoms with Gasteiger partial charge in [0.15, 0.2) is 0 Å². The van der Waals surface area contributed by atoms with Crippen LogP contribution in [0.3, 0.4) is 0 Å². The molecule has 0 bridgehead atoms. The number of hydrogen-bond acceptors (Lipinski definition) is 2. The van der Waals surface area contributed by atoms with E-state index >= 15 is 0 Å². The molecule has 0 saturated carbocycles. The molecule has 1 atom stereocenters. The van der Waals surface area contributed by atoms with Gasteiger partial charge in [0, 0.05) is 24.3 Å². The molecule has 0 radical (unpaired) electrons. The van der Waals surface area contributed by atoms with E-state index in [4.69, 9.17) is 0 Å². The van der Waals surface area contributed by atoms with Gasteiger partial charge in [-0.2, -0.15) is 0 Å². The highest BCUT2D eigenvalue weighted by atomic mass is 15.1. The molecule has 78 valence electrons. The molecular formula is C12H15N3. The van der Waals surface area contributed by atoms with E-state index in [9.17, 15) is 0 Å². The molecule has 15 heavy (non-hydrogen) atoms. The van der Waals surface area contributed by atoms with Crippen molar-refractivity contribution in [3.05, 3.63) is 30.1 Å². The van der Waals surface area contributed by atoms with Gasteiger partial charge in [-0.25, -0.2) is 4.98 Å². The maximum absolute atomic E-state index is 4.32. The lowest BCUT2D eigenvalue weighted by Gasteiger charge is -2.08. The lowest BCUT2D eigenvalue weighted by atomic mass is 9.99. The Balaban J connectivity index is 2.04. The number of H-pyrrole nitrogens is 1. The monoisotopic (exact) mass is 201 g/mol. The third-order valence-electron chi connectivity index (χ3n) is 3.31. The molecule has 1 fully saturated rings. The predicted octanol–water partition coefficient (Wildman–Crippen LogP) is 1.98. The molecule has 2 aromatic rings. The first-order chi connectivity index (χ1) is 7.34. The summed E-state index contributed by atoms with van der Waals surface area (Å²) in [5.74, 6) is 0.674. The van der Waals surface area contributed by atoms with E-state index in [2.05, 4.69) is 34.2 Å². The zero-order chi connectivity index (χ0) is 10.3. The van der Waals surface area contributed by atoms with Crippen molar-refractivity contribution >= 4 is 11.0 Å². The molecule has 1 aliphatic heterocycles. The van der Waals surface area contributed by atoms with Crippen LogP contribution in [0.15, 0.2) is 24.5 Å². The van der Waals surface area contributed by atoms with Gasteiger partial charge in [0.2, 0.25) is 0 Å². The Morgan fingerprint density at radius 3 is 3.27 bits per heavy atom. The molecule has 1 saturated heterocycles. The van der Waals surface area contributed by atoms with Crippen molar-refractivity contribution in [1.29, 1.82) is 0 Å². The summed E-state index contributed by atoms with van der Waals surface area (Å²) in [5, 5.41) is 1.29. The summed E-state index contributed by atoms with van der Waals surface area (Å²) in [7, 11) is 2.19. The normalized spacial score (nSPS) is 22.6. The average molecular weight is 201 g/mol. The van der Waals surface area contributed by atoms with Crippen LogP contribution in [0.5, 0.6) is 0 Å². The minimum atomic E-state index is 0.674. The van der Waals surface area contributed by atoms with Crippen LogP contribution in [0, 0.1) is 0 Å². The Hall–Kier alpha value is -1.35. The minimum absolute atomic E-state index is 0.674. The maximum Gasteiger partial charge on any atom is 0.137 e. The van der Waals surface area contributed by atoms with Crippen LogP contribution in [0.1, 0.15) is 17.9 Å². The molecule has 3 nitrogen and oxygen atoms in total. The summed E-state index contributed by atoms with van der Waals surface area (Å²) in [4.78, 5) is 9.96. The number of nitrogens with one attached hydrogen (secondary N) is 1. The van der Waals surface area contributed by atoms with E-state index in [0.29, 0.717) is 5.92 Å². The van der Waals surface area contributed by atoms with Crippen LogP contribution >= 0.6 is 0 Å². The quantitative estimate of drug-likeness (QED) is 0.765. The molecule has 0 amide bonds. The molecule has 3 heterocycles. The van der Waals surface area contributed by atoms with Gasteiger partial charge in [-0.15, -0.1) is 0 Å². The van der Waals surface area contributed by atoms with E-state index in [1.165, 1.54) is 30.5 Å².